The van der Waals surface area contributed by atoms with Gasteiger partial charge in [0.2, 0.25) is 0 Å². The van der Waals surface area contributed by atoms with Crippen LogP contribution < -0.4 is 9.47 Å². The molecule has 8 heteroatoms. The molecule has 136 valence electrons. The van der Waals surface area contributed by atoms with Crippen LogP contribution in [-0.4, -0.2) is 54.2 Å². The Balaban J connectivity index is 0.00000156. The van der Waals surface area contributed by atoms with Crippen LogP contribution in [0.5, 0.6) is 11.5 Å². The van der Waals surface area contributed by atoms with Gasteiger partial charge in [0.15, 0.2) is 5.65 Å². The quantitative estimate of drug-likeness (QED) is 0.705. The fourth-order valence-electron chi connectivity index (χ4n) is 2.28. The fourth-order valence-corrected chi connectivity index (χ4v) is 2.28. The Kier molecular flexibility index (Phi) is 7.96. The smallest absolute Gasteiger partial charge is 0.178 e. The predicted molar refractivity (Wildman–Crippen MR) is 104 cm³/mol. The van der Waals surface area contributed by atoms with E-state index in [1.807, 2.05) is 44.4 Å². The molecule has 1 N–H and O–H groups in total. The second-order valence-corrected chi connectivity index (χ2v) is 5.47. The van der Waals surface area contributed by atoms with Crippen LogP contribution in [0.25, 0.3) is 22.6 Å². The SMILES string of the molecule is COc1cc(OCCN(C)C)ccc1-c1nc2ncccc2[nH]1.Cl.Cl. The Labute approximate surface area is 159 Å². The molecule has 0 saturated carbocycles. The van der Waals surface area contributed by atoms with Crippen LogP contribution in [0.2, 0.25) is 0 Å². The van der Waals surface area contributed by atoms with Gasteiger partial charge in [0.1, 0.15) is 23.9 Å². The van der Waals surface area contributed by atoms with Gasteiger partial charge >= 0.3 is 0 Å². The van der Waals surface area contributed by atoms with Crippen LogP contribution in [0.1, 0.15) is 0 Å². The Hall–Kier alpha value is -2.02. The summed E-state index contributed by atoms with van der Waals surface area (Å²) in [4.78, 5) is 14.1. The number of methoxy groups -OCH3 is 1. The number of aromatic amines is 1. The lowest BCUT2D eigenvalue weighted by molar-refractivity contribution is 0.260. The Morgan fingerprint density at radius 1 is 1.16 bits per heavy atom. The number of aromatic nitrogens is 3. The minimum Gasteiger partial charge on any atom is -0.496 e. The van der Waals surface area contributed by atoms with Crippen molar-refractivity contribution in [3.63, 3.8) is 0 Å². The van der Waals surface area contributed by atoms with Crippen molar-refractivity contribution < 1.29 is 9.47 Å². The molecule has 0 amide bonds. The van der Waals surface area contributed by atoms with Gasteiger partial charge in [0, 0.05) is 18.8 Å². The van der Waals surface area contributed by atoms with Crippen LogP contribution >= 0.6 is 24.8 Å². The number of ether oxygens (including phenoxy) is 2. The molecule has 0 saturated heterocycles. The first-order valence-corrected chi connectivity index (χ1v) is 7.44. The number of nitrogens with zero attached hydrogens (tertiary/aromatic N) is 3. The Morgan fingerprint density at radius 3 is 2.64 bits per heavy atom. The first-order valence-electron chi connectivity index (χ1n) is 7.44. The lowest BCUT2D eigenvalue weighted by Crippen LogP contribution is -2.19. The predicted octanol–water partition coefficient (Wildman–Crippen LogP) is 3.42. The maximum Gasteiger partial charge on any atom is 0.178 e. The van der Waals surface area contributed by atoms with Crippen molar-refractivity contribution in [2.75, 3.05) is 34.4 Å². The highest BCUT2D eigenvalue weighted by molar-refractivity contribution is 5.85. The average molecular weight is 385 g/mol. The van der Waals surface area contributed by atoms with Gasteiger partial charge in [-0.2, -0.15) is 0 Å². The number of nitrogens with one attached hydrogen (secondary N) is 1. The molecule has 0 aliphatic heterocycles. The van der Waals surface area contributed by atoms with E-state index >= 15 is 0 Å². The second-order valence-electron chi connectivity index (χ2n) is 5.47. The molecule has 0 aliphatic carbocycles. The molecular formula is C17H22Cl2N4O2. The molecule has 2 aromatic heterocycles. The van der Waals surface area contributed by atoms with E-state index in [-0.39, 0.29) is 24.8 Å². The number of H-pyrrole nitrogens is 1. The van der Waals surface area contributed by atoms with Crippen LogP contribution in [0.4, 0.5) is 0 Å². The minimum absolute atomic E-state index is 0. The number of likely N-dealkylation sites (N-methyl/N-ethyl adjacent to an activating group) is 1. The molecule has 0 fully saturated rings. The third kappa shape index (κ3) is 4.98. The zero-order chi connectivity index (χ0) is 16.2. The zero-order valence-electron chi connectivity index (χ0n) is 14.4. The maximum atomic E-state index is 5.74. The summed E-state index contributed by atoms with van der Waals surface area (Å²) >= 11 is 0. The minimum atomic E-state index is 0. The molecule has 0 radical (unpaired) electrons. The van der Waals surface area contributed by atoms with Crippen molar-refractivity contribution in [3.8, 4) is 22.9 Å². The molecule has 0 atom stereocenters. The Bertz CT molecular complexity index is 775. The second kappa shape index (κ2) is 9.46. The normalized spacial score (nSPS) is 10.2. The lowest BCUT2D eigenvalue weighted by atomic mass is 10.2. The molecular weight excluding hydrogens is 363 g/mol. The first kappa shape index (κ1) is 21.0. The van der Waals surface area contributed by atoms with Crippen molar-refractivity contribution in [2.24, 2.45) is 0 Å². The number of halogens is 2. The van der Waals surface area contributed by atoms with Crippen molar-refractivity contribution in [3.05, 3.63) is 36.5 Å². The van der Waals surface area contributed by atoms with Gasteiger partial charge < -0.3 is 19.4 Å². The van der Waals surface area contributed by atoms with Crippen molar-refractivity contribution >= 4 is 36.0 Å². The lowest BCUT2D eigenvalue weighted by Gasteiger charge is -2.13. The number of hydrogen-bond acceptors (Lipinski definition) is 5. The molecule has 3 rings (SSSR count). The third-order valence-corrected chi connectivity index (χ3v) is 3.49. The molecule has 0 bridgehead atoms. The van der Waals surface area contributed by atoms with Crippen LogP contribution in [0.3, 0.4) is 0 Å². The summed E-state index contributed by atoms with van der Waals surface area (Å²) in [5.41, 5.74) is 2.47. The van der Waals surface area contributed by atoms with E-state index in [0.29, 0.717) is 18.0 Å². The first-order chi connectivity index (χ1) is 11.2. The van der Waals surface area contributed by atoms with E-state index < -0.39 is 0 Å². The average Bonchev–Trinajstić information content (AvgIpc) is 2.98. The number of benzene rings is 1. The molecule has 0 aliphatic rings. The van der Waals surface area contributed by atoms with Gasteiger partial charge in [-0.25, -0.2) is 9.97 Å². The number of pyridine rings is 1. The highest BCUT2D eigenvalue weighted by atomic mass is 35.5. The fraction of sp³-hybridized carbons (Fsp3) is 0.294. The zero-order valence-corrected chi connectivity index (χ0v) is 16.0. The highest BCUT2D eigenvalue weighted by Crippen LogP contribution is 2.32. The van der Waals surface area contributed by atoms with E-state index in [4.69, 9.17) is 9.47 Å². The van der Waals surface area contributed by atoms with Gasteiger partial charge in [0.05, 0.1) is 18.2 Å². The summed E-state index contributed by atoms with van der Waals surface area (Å²) < 4.78 is 11.2. The van der Waals surface area contributed by atoms with E-state index in [9.17, 15) is 0 Å². The molecule has 2 heterocycles. The van der Waals surface area contributed by atoms with Gasteiger partial charge in [-0.3, -0.25) is 0 Å². The van der Waals surface area contributed by atoms with Gasteiger partial charge in [0.25, 0.3) is 0 Å². The van der Waals surface area contributed by atoms with Gasteiger partial charge in [-0.15, -0.1) is 24.8 Å². The van der Waals surface area contributed by atoms with Crippen LogP contribution in [0.15, 0.2) is 36.5 Å². The van der Waals surface area contributed by atoms with E-state index in [2.05, 4.69) is 19.9 Å². The monoisotopic (exact) mass is 384 g/mol. The molecule has 6 nitrogen and oxygen atoms in total. The largest absolute Gasteiger partial charge is 0.496 e. The third-order valence-electron chi connectivity index (χ3n) is 3.49. The van der Waals surface area contributed by atoms with Crippen LogP contribution in [0, 0.1) is 0 Å². The standard InChI is InChI=1S/C17H20N4O2.2ClH/c1-21(2)9-10-23-12-6-7-13(15(11-12)22-3)16-19-14-5-4-8-18-17(14)20-16;;/h4-8,11H,9-10H2,1-3H3,(H,18,19,20);2*1H. The number of fused-ring (bicyclic) bond motifs is 1. The Morgan fingerprint density at radius 2 is 1.96 bits per heavy atom. The summed E-state index contributed by atoms with van der Waals surface area (Å²) in [6, 6.07) is 9.58. The van der Waals surface area contributed by atoms with Crippen LogP contribution in [-0.2, 0) is 0 Å². The number of rotatable bonds is 6. The molecule has 0 unspecified atom stereocenters. The van der Waals surface area contributed by atoms with E-state index in [0.717, 1.165) is 29.2 Å². The topological polar surface area (TPSA) is 63.3 Å². The summed E-state index contributed by atoms with van der Waals surface area (Å²) in [7, 11) is 5.68. The maximum absolute atomic E-state index is 5.74. The van der Waals surface area contributed by atoms with Gasteiger partial charge in [-0.1, -0.05) is 0 Å². The summed E-state index contributed by atoms with van der Waals surface area (Å²) in [5.74, 6) is 2.23. The van der Waals surface area contributed by atoms with E-state index in [1.165, 1.54) is 0 Å². The van der Waals surface area contributed by atoms with E-state index in [1.54, 1.807) is 13.3 Å². The highest BCUT2D eigenvalue weighted by Gasteiger charge is 2.12. The van der Waals surface area contributed by atoms with Gasteiger partial charge in [-0.05, 0) is 38.4 Å². The molecule has 3 aromatic rings. The molecule has 0 spiro atoms. The summed E-state index contributed by atoms with van der Waals surface area (Å²) in [6.07, 6.45) is 1.73. The van der Waals surface area contributed by atoms with Crippen molar-refractivity contribution in [1.82, 2.24) is 19.9 Å². The summed E-state index contributed by atoms with van der Waals surface area (Å²) in [5, 5.41) is 0. The number of imidazole rings is 1. The molecule has 1 aromatic carbocycles. The number of hydrogen-bond donors (Lipinski definition) is 1. The van der Waals surface area contributed by atoms with Crippen molar-refractivity contribution in [2.45, 2.75) is 0 Å². The van der Waals surface area contributed by atoms with Crippen molar-refractivity contribution in [1.29, 1.82) is 0 Å². The molecule has 25 heavy (non-hydrogen) atoms. The summed E-state index contributed by atoms with van der Waals surface area (Å²) in [6.45, 7) is 1.49.